The van der Waals surface area contributed by atoms with Gasteiger partial charge in [0.05, 0.1) is 7.11 Å². The van der Waals surface area contributed by atoms with Crippen LogP contribution >= 0.6 is 12.2 Å². The van der Waals surface area contributed by atoms with Gasteiger partial charge in [0.1, 0.15) is 11.6 Å². The van der Waals surface area contributed by atoms with E-state index < -0.39 is 0 Å². The Labute approximate surface area is 169 Å². The van der Waals surface area contributed by atoms with E-state index in [2.05, 4.69) is 37.5 Å². The molecule has 28 heavy (non-hydrogen) atoms. The number of benzene rings is 2. The monoisotopic (exact) mass is 393 g/mol. The summed E-state index contributed by atoms with van der Waals surface area (Å²) in [7, 11) is 1.65. The van der Waals surface area contributed by atoms with E-state index in [1.54, 1.807) is 7.11 Å². The van der Waals surface area contributed by atoms with E-state index in [1.807, 2.05) is 36.4 Å². The van der Waals surface area contributed by atoms with E-state index in [0.29, 0.717) is 5.11 Å². The number of hydrogen-bond acceptors (Lipinski definition) is 4. The maximum Gasteiger partial charge on any atom is 0.175 e. The summed E-state index contributed by atoms with van der Waals surface area (Å²) in [5.41, 5.74) is 2.81. The topological polar surface area (TPSA) is 64.0 Å². The number of methoxy groups -OCH3 is 1. The minimum Gasteiger partial charge on any atom is -0.497 e. The summed E-state index contributed by atoms with van der Waals surface area (Å²) >= 11 is 5.46. The number of thiocarbonyl (C=S) groups is 1. The van der Waals surface area contributed by atoms with E-state index in [0.717, 1.165) is 47.3 Å². The molecule has 0 bridgehead atoms. The second kappa shape index (κ2) is 8.39. The molecule has 0 spiro atoms. The molecule has 7 heteroatoms. The van der Waals surface area contributed by atoms with Gasteiger partial charge in [-0.25, -0.2) is 0 Å². The maximum absolute atomic E-state index is 5.46. The Balaban J connectivity index is 1.50. The highest BCUT2D eigenvalue weighted by Gasteiger charge is 2.16. The molecule has 0 saturated carbocycles. The number of aromatic nitrogens is 3. The van der Waals surface area contributed by atoms with Crippen molar-refractivity contribution in [2.45, 2.75) is 32.2 Å². The van der Waals surface area contributed by atoms with Crippen LogP contribution in [0.4, 0.5) is 11.4 Å². The summed E-state index contributed by atoms with van der Waals surface area (Å²) in [4.78, 5) is 0. The molecule has 4 rings (SSSR count). The van der Waals surface area contributed by atoms with Gasteiger partial charge in [-0.15, -0.1) is 10.2 Å². The lowest BCUT2D eigenvalue weighted by Crippen LogP contribution is -2.19. The van der Waals surface area contributed by atoms with Gasteiger partial charge in [-0.2, -0.15) is 0 Å². The third-order valence-corrected chi connectivity index (χ3v) is 5.02. The van der Waals surface area contributed by atoms with Gasteiger partial charge in [0, 0.05) is 36.0 Å². The van der Waals surface area contributed by atoms with Crippen molar-refractivity contribution >= 4 is 28.7 Å². The average Bonchev–Trinajstić information content (AvgIpc) is 2.96. The summed E-state index contributed by atoms with van der Waals surface area (Å²) in [6, 6.07) is 15.8. The molecule has 2 heterocycles. The maximum atomic E-state index is 5.46. The highest BCUT2D eigenvalue weighted by molar-refractivity contribution is 7.80. The van der Waals surface area contributed by atoms with Gasteiger partial charge in [0.25, 0.3) is 0 Å². The van der Waals surface area contributed by atoms with Crippen LogP contribution in [0.5, 0.6) is 5.75 Å². The quantitative estimate of drug-likeness (QED) is 0.637. The van der Waals surface area contributed by atoms with Gasteiger partial charge in [0.15, 0.2) is 10.9 Å². The molecule has 0 atom stereocenters. The molecule has 2 aromatic carbocycles. The van der Waals surface area contributed by atoms with E-state index in [-0.39, 0.29) is 0 Å². The first-order valence-corrected chi connectivity index (χ1v) is 9.88. The van der Waals surface area contributed by atoms with Gasteiger partial charge in [-0.3, -0.25) is 0 Å². The SMILES string of the molecule is COc1cccc(NC(=S)Nc2cccc(-c3nnc4n3CCCCC4)c2)c1. The van der Waals surface area contributed by atoms with Gasteiger partial charge < -0.3 is 19.9 Å². The summed E-state index contributed by atoms with van der Waals surface area (Å²) in [6.45, 7) is 0.977. The van der Waals surface area contributed by atoms with E-state index >= 15 is 0 Å². The van der Waals surface area contributed by atoms with Gasteiger partial charge >= 0.3 is 0 Å². The zero-order valence-electron chi connectivity index (χ0n) is 15.8. The van der Waals surface area contributed by atoms with Crippen molar-refractivity contribution in [2.24, 2.45) is 0 Å². The van der Waals surface area contributed by atoms with Crippen LogP contribution in [0.1, 0.15) is 25.1 Å². The van der Waals surface area contributed by atoms with Gasteiger partial charge in [-0.05, 0) is 49.3 Å². The molecule has 0 fully saturated rings. The van der Waals surface area contributed by atoms with Crippen molar-refractivity contribution < 1.29 is 4.74 Å². The fourth-order valence-electron chi connectivity index (χ4n) is 3.43. The molecule has 0 amide bonds. The molecule has 144 valence electrons. The van der Waals surface area contributed by atoms with Crippen LogP contribution in [-0.4, -0.2) is 27.0 Å². The minimum atomic E-state index is 0.519. The Morgan fingerprint density at radius 1 is 1.00 bits per heavy atom. The van der Waals surface area contributed by atoms with Crippen LogP contribution in [0.2, 0.25) is 0 Å². The Bertz CT molecular complexity index is 984. The van der Waals surface area contributed by atoms with Crippen molar-refractivity contribution in [1.29, 1.82) is 0 Å². The fraction of sp³-hybridized carbons (Fsp3) is 0.286. The normalized spacial score (nSPS) is 13.3. The first-order chi connectivity index (χ1) is 13.7. The second-order valence-electron chi connectivity index (χ2n) is 6.79. The molecule has 1 aliphatic heterocycles. The molecular formula is C21H23N5OS. The molecule has 3 aromatic rings. The van der Waals surface area contributed by atoms with Crippen molar-refractivity contribution in [3.8, 4) is 17.1 Å². The zero-order chi connectivity index (χ0) is 19.3. The molecule has 0 aliphatic carbocycles. The van der Waals surface area contributed by atoms with Crippen LogP contribution in [0.3, 0.4) is 0 Å². The lowest BCUT2D eigenvalue weighted by atomic mass is 10.2. The van der Waals surface area contributed by atoms with Crippen LogP contribution in [0.25, 0.3) is 11.4 Å². The molecule has 0 radical (unpaired) electrons. The van der Waals surface area contributed by atoms with E-state index in [4.69, 9.17) is 17.0 Å². The Kier molecular flexibility index (Phi) is 5.53. The largest absolute Gasteiger partial charge is 0.497 e. The first kappa shape index (κ1) is 18.4. The number of rotatable bonds is 4. The lowest BCUT2D eigenvalue weighted by molar-refractivity contribution is 0.415. The third kappa shape index (κ3) is 4.14. The molecular weight excluding hydrogens is 370 g/mol. The highest BCUT2D eigenvalue weighted by Crippen LogP contribution is 2.25. The second-order valence-corrected chi connectivity index (χ2v) is 7.20. The number of aryl methyl sites for hydroxylation is 1. The number of anilines is 2. The summed E-state index contributed by atoms with van der Waals surface area (Å²) in [5, 5.41) is 15.8. The Hall–Kier alpha value is -2.93. The number of ether oxygens (including phenoxy) is 1. The number of nitrogens with one attached hydrogen (secondary N) is 2. The third-order valence-electron chi connectivity index (χ3n) is 4.82. The number of fused-ring (bicyclic) bond motifs is 1. The Morgan fingerprint density at radius 3 is 2.61 bits per heavy atom. The fourth-order valence-corrected chi connectivity index (χ4v) is 3.66. The molecule has 2 N–H and O–H groups in total. The van der Waals surface area contributed by atoms with Crippen LogP contribution in [-0.2, 0) is 13.0 Å². The van der Waals surface area contributed by atoms with Crippen molar-refractivity contribution in [1.82, 2.24) is 14.8 Å². The van der Waals surface area contributed by atoms with E-state index in [9.17, 15) is 0 Å². The van der Waals surface area contributed by atoms with Crippen molar-refractivity contribution in [2.75, 3.05) is 17.7 Å². The van der Waals surface area contributed by atoms with Crippen LogP contribution in [0.15, 0.2) is 48.5 Å². The predicted octanol–water partition coefficient (Wildman–Crippen LogP) is 4.49. The molecule has 0 unspecified atom stereocenters. The summed E-state index contributed by atoms with van der Waals surface area (Å²) in [5.74, 6) is 2.79. The van der Waals surface area contributed by atoms with Crippen molar-refractivity contribution in [3.63, 3.8) is 0 Å². The van der Waals surface area contributed by atoms with Crippen LogP contribution < -0.4 is 15.4 Å². The van der Waals surface area contributed by atoms with Crippen LogP contribution in [0, 0.1) is 0 Å². The smallest absolute Gasteiger partial charge is 0.175 e. The summed E-state index contributed by atoms with van der Waals surface area (Å²) in [6.07, 6.45) is 4.60. The molecule has 0 saturated heterocycles. The van der Waals surface area contributed by atoms with Gasteiger partial charge in [0.2, 0.25) is 0 Å². The highest BCUT2D eigenvalue weighted by atomic mass is 32.1. The molecule has 1 aromatic heterocycles. The van der Waals surface area contributed by atoms with E-state index in [1.165, 1.54) is 19.3 Å². The minimum absolute atomic E-state index is 0.519. The standard InChI is InChI=1S/C21H23N5OS/c1-27-18-10-6-9-17(14-18)23-21(28)22-16-8-5-7-15(13-16)20-25-24-19-11-3-2-4-12-26(19)20/h5-10,13-14H,2-4,11-12H2,1H3,(H2,22,23,28). The predicted molar refractivity (Wildman–Crippen MR) is 116 cm³/mol. The molecule has 1 aliphatic rings. The van der Waals surface area contributed by atoms with Gasteiger partial charge in [-0.1, -0.05) is 24.6 Å². The lowest BCUT2D eigenvalue weighted by Gasteiger charge is -2.13. The zero-order valence-corrected chi connectivity index (χ0v) is 16.6. The number of nitrogens with zero attached hydrogens (tertiary/aromatic N) is 3. The Morgan fingerprint density at radius 2 is 1.79 bits per heavy atom. The first-order valence-electron chi connectivity index (χ1n) is 9.47. The summed E-state index contributed by atoms with van der Waals surface area (Å²) < 4.78 is 7.50. The molecule has 6 nitrogen and oxygen atoms in total. The average molecular weight is 394 g/mol. The van der Waals surface area contributed by atoms with Crippen molar-refractivity contribution in [3.05, 3.63) is 54.4 Å². The number of hydrogen-bond donors (Lipinski definition) is 2.